The third kappa shape index (κ3) is 3.87. The predicted octanol–water partition coefficient (Wildman–Crippen LogP) is 0.691. The van der Waals surface area contributed by atoms with Crippen LogP contribution in [-0.2, 0) is 6.42 Å². The molecule has 2 heterocycles. The molecule has 98 valence electrons. The summed E-state index contributed by atoms with van der Waals surface area (Å²) in [5.74, 6) is 2.94. The number of nitrogens with zero attached hydrogens (tertiary/aromatic N) is 4. The SMILES string of the molecule is Cc1cnc(CCN=C(N)N2CCSCC2)cn1. The molecule has 2 N–H and O–H groups in total. The van der Waals surface area contributed by atoms with Crippen molar-refractivity contribution in [3.63, 3.8) is 0 Å². The molecule has 18 heavy (non-hydrogen) atoms. The second-order valence-corrected chi connectivity index (χ2v) is 5.46. The molecule has 0 bridgehead atoms. The van der Waals surface area contributed by atoms with Crippen molar-refractivity contribution in [2.45, 2.75) is 13.3 Å². The van der Waals surface area contributed by atoms with Gasteiger partial charge in [0, 0.05) is 50.0 Å². The van der Waals surface area contributed by atoms with Crippen LogP contribution >= 0.6 is 11.8 Å². The van der Waals surface area contributed by atoms with Gasteiger partial charge in [-0.15, -0.1) is 0 Å². The molecule has 0 amide bonds. The maximum absolute atomic E-state index is 5.97. The molecule has 1 saturated heterocycles. The number of nitrogens with two attached hydrogens (primary N) is 1. The smallest absolute Gasteiger partial charge is 0.191 e. The monoisotopic (exact) mass is 265 g/mol. The van der Waals surface area contributed by atoms with Crippen LogP contribution in [0.2, 0.25) is 0 Å². The van der Waals surface area contributed by atoms with Crippen molar-refractivity contribution < 1.29 is 0 Å². The summed E-state index contributed by atoms with van der Waals surface area (Å²) in [6.45, 7) is 4.61. The number of aromatic nitrogens is 2. The van der Waals surface area contributed by atoms with Crippen LogP contribution in [0.4, 0.5) is 0 Å². The average Bonchev–Trinajstić information content (AvgIpc) is 2.42. The van der Waals surface area contributed by atoms with Gasteiger partial charge in [-0.2, -0.15) is 11.8 Å². The Bertz CT molecular complexity index is 397. The minimum atomic E-state index is 0.662. The first-order valence-electron chi connectivity index (χ1n) is 6.16. The van der Waals surface area contributed by atoms with E-state index in [9.17, 15) is 0 Å². The minimum absolute atomic E-state index is 0.662. The summed E-state index contributed by atoms with van der Waals surface area (Å²) in [5, 5.41) is 0. The van der Waals surface area contributed by atoms with E-state index < -0.39 is 0 Å². The Morgan fingerprint density at radius 1 is 1.39 bits per heavy atom. The van der Waals surface area contributed by atoms with Crippen LogP contribution in [-0.4, -0.2) is 52.0 Å². The third-order valence-electron chi connectivity index (χ3n) is 2.81. The molecule has 1 aromatic rings. The summed E-state index contributed by atoms with van der Waals surface area (Å²) >= 11 is 1.97. The van der Waals surface area contributed by atoms with Crippen LogP contribution in [0.25, 0.3) is 0 Å². The third-order valence-corrected chi connectivity index (χ3v) is 3.75. The quantitative estimate of drug-likeness (QED) is 0.643. The molecule has 0 unspecified atom stereocenters. The number of guanidine groups is 1. The molecule has 0 saturated carbocycles. The average molecular weight is 265 g/mol. The lowest BCUT2D eigenvalue weighted by atomic mass is 10.3. The van der Waals surface area contributed by atoms with Crippen molar-refractivity contribution in [3.05, 3.63) is 23.8 Å². The van der Waals surface area contributed by atoms with Crippen LogP contribution in [0.3, 0.4) is 0 Å². The van der Waals surface area contributed by atoms with Gasteiger partial charge in [0.25, 0.3) is 0 Å². The molecule has 0 aromatic carbocycles. The molecule has 0 spiro atoms. The molecule has 1 aliphatic rings. The largest absolute Gasteiger partial charge is 0.370 e. The van der Waals surface area contributed by atoms with E-state index in [1.807, 2.05) is 18.7 Å². The number of rotatable bonds is 3. The van der Waals surface area contributed by atoms with Crippen LogP contribution in [0, 0.1) is 6.92 Å². The molecule has 0 atom stereocenters. The van der Waals surface area contributed by atoms with E-state index in [-0.39, 0.29) is 0 Å². The Morgan fingerprint density at radius 3 is 2.83 bits per heavy atom. The lowest BCUT2D eigenvalue weighted by molar-refractivity contribution is 0.456. The highest BCUT2D eigenvalue weighted by atomic mass is 32.2. The molecule has 5 nitrogen and oxygen atoms in total. The Morgan fingerprint density at radius 2 is 2.17 bits per heavy atom. The highest BCUT2D eigenvalue weighted by molar-refractivity contribution is 7.99. The lowest BCUT2D eigenvalue weighted by Crippen LogP contribution is -2.42. The minimum Gasteiger partial charge on any atom is -0.370 e. The highest BCUT2D eigenvalue weighted by Gasteiger charge is 2.11. The summed E-state index contributed by atoms with van der Waals surface area (Å²) < 4.78 is 0. The summed E-state index contributed by atoms with van der Waals surface area (Å²) in [4.78, 5) is 15.1. The number of hydrogen-bond donors (Lipinski definition) is 1. The fourth-order valence-corrected chi connectivity index (χ4v) is 2.63. The number of thioether (sulfide) groups is 1. The molecule has 0 radical (unpaired) electrons. The number of hydrogen-bond acceptors (Lipinski definition) is 4. The fourth-order valence-electron chi connectivity index (χ4n) is 1.73. The maximum Gasteiger partial charge on any atom is 0.191 e. The topological polar surface area (TPSA) is 67.4 Å². The maximum atomic E-state index is 5.97. The molecule has 1 aromatic heterocycles. The molecular formula is C12H19N5S. The predicted molar refractivity (Wildman–Crippen MR) is 75.9 cm³/mol. The summed E-state index contributed by atoms with van der Waals surface area (Å²) in [5.41, 5.74) is 7.87. The molecule has 0 aliphatic carbocycles. The normalized spacial score (nSPS) is 16.9. The summed E-state index contributed by atoms with van der Waals surface area (Å²) in [7, 11) is 0. The molecular weight excluding hydrogens is 246 g/mol. The zero-order chi connectivity index (χ0) is 12.8. The van der Waals surface area contributed by atoms with Gasteiger partial charge < -0.3 is 10.6 Å². The second-order valence-electron chi connectivity index (χ2n) is 4.24. The molecule has 2 rings (SSSR count). The number of aliphatic imine (C=N–C) groups is 1. The van der Waals surface area contributed by atoms with Crippen LogP contribution in [0.15, 0.2) is 17.4 Å². The Balaban J connectivity index is 1.81. The molecule has 6 heteroatoms. The van der Waals surface area contributed by atoms with Crippen molar-refractivity contribution in [1.29, 1.82) is 0 Å². The van der Waals surface area contributed by atoms with Gasteiger partial charge in [-0.3, -0.25) is 15.0 Å². The van der Waals surface area contributed by atoms with E-state index in [2.05, 4.69) is 19.9 Å². The first-order chi connectivity index (χ1) is 8.75. The lowest BCUT2D eigenvalue weighted by Gasteiger charge is -2.27. The van der Waals surface area contributed by atoms with E-state index in [4.69, 9.17) is 5.73 Å². The van der Waals surface area contributed by atoms with Gasteiger partial charge in [-0.1, -0.05) is 0 Å². The van der Waals surface area contributed by atoms with Gasteiger partial charge >= 0.3 is 0 Å². The van der Waals surface area contributed by atoms with E-state index in [1.165, 1.54) is 0 Å². The summed E-state index contributed by atoms with van der Waals surface area (Å²) in [6, 6.07) is 0. The first-order valence-corrected chi connectivity index (χ1v) is 7.31. The van der Waals surface area contributed by atoms with Crippen molar-refractivity contribution in [1.82, 2.24) is 14.9 Å². The van der Waals surface area contributed by atoms with Gasteiger partial charge in [-0.05, 0) is 6.92 Å². The van der Waals surface area contributed by atoms with E-state index >= 15 is 0 Å². The van der Waals surface area contributed by atoms with Gasteiger partial charge in [-0.25, -0.2) is 0 Å². The summed E-state index contributed by atoms with van der Waals surface area (Å²) in [6.07, 6.45) is 4.37. The van der Waals surface area contributed by atoms with Crippen molar-refractivity contribution in [2.24, 2.45) is 10.7 Å². The zero-order valence-corrected chi connectivity index (χ0v) is 11.5. The van der Waals surface area contributed by atoms with E-state index in [0.29, 0.717) is 12.5 Å². The van der Waals surface area contributed by atoms with Crippen LogP contribution in [0.5, 0.6) is 0 Å². The first kappa shape index (κ1) is 13.1. The van der Waals surface area contributed by atoms with Crippen molar-refractivity contribution in [2.75, 3.05) is 31.1 Å². The molecule has 1 fully saturated rings. The standard InChI is InChI=1S/C12H19N5S/c1-10-8-16-11(9-15-10)2-3-14-12(13)17-4-6-18-7-5-17/h8-9H,2-7H2,1H3,(H2,13,14). The van der Waals surface area contributed by atoms with Gasteiger partial charge in [0.05, 0.1) is 11.4 Å². The van der Waals surface area contributed by atoms with Crippen LogP contribution < -0.4 is 5.73 Å². The van der Waals surface area contributed by atoms with E-state index in [1.54, 1.807) is 12.4 Å². The van der Waals surface area contributed by atoms with Crippen LogP contribution in [0.1, 0.15) is 11.4 Å². The van der Waals surface area contributed by atoms with E-state index in [0.717, 1.165) is 42.4 Å². The van der Waals surface area contributed by atoms with Gasteiger partial charge in [0.1, 0.15) is 0 Å². The highest BCUT2D eigenvalue weighted by Crippen LogP contribution is 2.08. The Labute approximate surface area is 112 Å². The Kier molecular flexibility index (Phi) is 4.81. The van der Waals surface area contributed by atoms with Crippen molar-refractivity contribution >= 4 is 17.7 Å². The second kappa shape index (κ2) is 6.58. The number of aryl methyl sites for hydroxylation is 1. The zero-order valence-electron chi connectivity index (χ0n) is 10.7. The van der Waals surface area contributed by atoms with Gasteiger partial charge in [0.2, 0.25) is 0 Å². The fraction of sp³-hybridized carbons (Fsp3) is 0.583. The van der Waals surface area contributed by atoms with Gasteiger partial charge in [0.15, 0.2) is 5.96 Å². The molecule has 1 aliphatic heterocycles. The Hall–Kier alpha value is -1.30. The van der Waals surface area contributed by atoms with Crippen molar-refractivity contribution in [3.8, 4) is 0 Å².